The third-order valence-electron chi connectivity index (χ3n) is 2.32. The second-order valence-electron chi connectivity index (χ2n) is 3.30. The summed E-state index contributed by atoms with van der Waals surface area (Å²) in [7, 11) is 0. The van der Waals surface area contributed by atoms with E-state index in [2.05, 4.69) is 30.9 Å². The number of hydrogen-bond donors (Lipinski definition) is 0. The lowest BCUT2D eigenvalue weighted by molar-refractivity contribution is 1.08. The van der Waals surface area contributed by atoms with Gasteiger partial charge in [0.1, 0.15) is 16.8 Å². The Labute approximate surface area is 100 Å². The van der Waals surface area contributed by atoms with Gasteiger partial charge in [0.2, 0.25) is 0 Å². The molecular formula is C11H7BrN4. The lowest BCUT2D eigenvalue weighted by Crippen LogP contribution is -1.90. The van der Waals surface area contributed by atoms with Gasteiger partial charge < -0.3 is 0 Å². The van der Waals surface area contributed by atoms with Crippen LogP contribution < -0.4 is 0 Å². The number of imidazole rings is 1. The van der Waals surface area contributed by atoms with Crippen LogP contribution in [0.2, 0.25) is 0 Å². The van der Waals surface area contributed by atoms with Crippen LogP contribution in [-0.2, 0) is 0 Å². The van der Waals surface area contributed by atoms with Gasteiger partial charge >= 0.3 is 0 Å². The minimum atomic E-state index is 0.814. The molecule has 0 atom stereocenters. The molecule has 0 N–H and O–H groups in total. The SMILES string of the molecule is Brc1nc(-c2cccnc2)n2cnccc12. The van der Waals surface area contributed by atoms with Crippen molar-refractivity contribution in [3.05, 3.63) is 47.7 Å². The maximum atomic E-state index is 4.46. The van der Waals surface area contributed by atoms with Crippen LogP contribution in [-0.4, -0.2) is 19.4 Å². The largest absolute Gasteiger partial charge is 0.282 e. The summed E-state index contributed by atoms with van der Waals surface area (Å²) < 4.78 is 2.75. The Morgan fingerprint density at radius 3 is 2.88 bits per heavy atom. The van der Waals surface area contributed by atoms with Crippen LogP contribution in [0.15, 0.2) is 47.7 Å². The monoisotopic (exact) mass is 274 g/mol. The van der Waals surface area contributed by atoms with Crippen LogP contribution in [0.1, 0.15) is 0 Å². The van der Waals surface area contributed by atoms with E-state index < -0.39 is 0 Å². The lowest BCUT2D eigenvalue weighted by Gasteiger charge is -1.98. The summed E-state index contributed by atoms with van der Waals surface area (Å²) in [6, 6.07) is 5.78. The molecule has 0 spiro atoms. The van der Waals surface area contributed by atoms with E-state index in [1.807, 2.05) is 22.6 Å². The predicted octanol–water partition coefficient (Wildman–Crippen LogP) is 2.55. The van der Waals surface area contributed by atoms with E-state index in [-0.39, 0.29) is 0 Å². The van der Waals surface area contributed by atoms with Crippen molar-refractivity contribution in [3.63, 3.8) is 0 Å². The molecule has 0 fully saturated rings. The fourth-order valence-electron chi connectivity index (χ4n) is 1.60. The zero-order chi connectivity index (χ0) is 11.0. The van der Waals surface area contributed by atoms with E-state index >= 15 is 0 Å². The van der Waals surface area contributed by atoms with Crippen molar-refractivity contribution in [1.29, 1.82) is 0 Å². The quantitative estimate of drug-likeness (QED) is 0.685. The molecule has 4 nitrogen and oxygen atoms in total. The summed E-state index contributed by atoms with van der Waals surface area (Å²) in [5.74, 6) is 0.836. The van der Waals surface area contributed by atoms with Crippen molar-refractivity contribution >= 4 is 21.4 Å². The van der Waals surface area contributed by atoms with Crippen LogP contribution in [0.4, 0.5) is 0 Å². The molecular weight excluding hydrogens is 268 g/mol. The van der Waals surface area contributed by atoms with Crippen LogP contribution in [0, 0.1) is 0 Å². The van der Waals surface area contributed by atoms with Gasteiger partial charge in [-0.3, -0.25) is 9.38 Å². The number of pyridine rings is 1. The highest BCUT2D eigenvalue weighted by molar-refractivity contribution is 9.10. The molecule has 0 radical (unpaired) electrons. The molecule has 3 heterocycles. The van der Waals surface area contributed by atoms with Crippen molar-refractivity contribution < 1.29 is 0 Å². The standard InChI is InChI=1S/C11H7BrN4/c12-10-9-3-5-14-7-16(9)11(15-10)8-2-1-4-13-6-8/h1-7H. The zero-order valence-electron chi connectivity index (χ0n) is 8.21. The Morgan fingerprint density at radius 1 is 1.12 bits per heavy atom. The van der Waals surface area contributed by atoms with Gasteiger partial charge in [0.15, 0.2) is 0 Å². The lowest BCUT2D eigenvalue weighted by atomic mass is 10.3. The average Bonchev–Trinajstić information content (AvgIpc) is 2.69. The van der Waals surface area contributed by atoms with Gasteiger partial charge in [0, 0.05) is 24.2 Å². The summed E-state index contributed by atoms with van der Waals surface area (Å²) >= 11 is 3.43. The fraction of sp³-hybridized carbons (Fsp3) is 0. The van der Waals surface area contributed by atoms with E-state index in [0.717, 1.165) is 21.5 Å². The Bertz CT molecular complexity index is 633. The molecule has 0 aliphatic heterocycles. The molecule has 3 rings (SSSR count). The van der Waals surface area contributed by atoms with Gasteiger partial charge in [-0.05, 0) is 34.1 Å². The number of hydrogen-bond acceptors (Lipinski definition) is 3. The summed E-state index contributed by atoms with van der Waals surface area (Å²) in [5.41, 5.74) is 1.96. The van der Waals surface area contributed by atoms with Crippen molar-refractivity contribution in [2.24, 2.45) is 0 Å². The second kappa shape index (κ2) is 3.68. The number of halogens is 1. The Kier molecular flexibility index (Phi) is 2.18. The van der Waals surface area contributed by atoms with E-state index in [0.29, 0.717) is 0 Å². The molecule has 0 aliphatic rings. The summed E-state index contributed by atoms with van der Waals surface area (Å²) in [6.45, 7) is 0. The van der Waals surface area contributed by atoms with Gasteiger partial charge in [-0.25, -0.2) is 9.97 Å². The second-order valence-corrected chi connectivity index (χ2v) is 4.05. The highest BCUT2D eigenvalue weighted by Crippen LogP contribution is 2.24. The van der Waals surface area contributed by atoms with E-state index in [4.69, 9.17) is 0 Å². The molecule has 0 aliphatic carbocycles. The third kappa shape index (κ3) is 1.40. The molecule has 0 saturated heterocycles. The molecule has 0 saturated carbocycles. The van der Waals surface area contributed by atoms with Crippen molar-refractivity contribution in [2.75, 3.05) is 0 Å². The van der Waals surface area contributed by atoms with Crippen molar-refractivity contribution in [3.8, 4) is 11.4 Å². The van der Waals surface area contributed by atoms with Crippen molar-refractivity contribution in [2.45, 2.75) is 0 Å². The molecule has 0 bridgehead atoms. The normalized spacial score (nSPS) is 10.8. The molecule has 78 valence electrons. The van der Waals surface area contributed by atoms with Gasteiger partial charge in [-0.1, -0.05) is 0 Å². The van der Waals surface area contributed by atoms with Gasteiger partial charge in [0.25, 0.3) is 0 Å². The molecule has 3 aromatic heterocycles. The van der Waals surface area contributed by atoms with Gasteiger partial charge in [-0.15, -0.1) is 0 Å². The highest BCUT2D eigenvalue weighted by Gasteiger charge is 2.10. The van der Waals surface area contributed by atoms with Crippen LogP contribution >= 0.6 is 15.9 Å². The maximum Gasteiger partial charge on any atom is 0.148 e. The Morgan fingerprint density at radius 2 is 2.06 bits per heavy atom. The van der Waals surface area contributed by atoms with Crippen LogP contribution in [0.25, 0.3) is 16.9 Å². The first-order chi connectivity index (χ1) is 7.86. The van der Waals surface area contributed by atoms with Gasteiger partial charge in [0.05, 0.1) is 5.52 Å². The third-order valence-corrected chi connectivity index (χ3v) is 2.91. The maximum absolute atomic E-state index is 4.46. The summed E-state index contributed by atoms with van der Waals surface area (Å²) in [5, 5.41) is 0. The smallest absolute Gasteiger partial charge is 0.148 e. The predicted molar refractivity (Wildman–Crippen MR) is 63.9 cm³/mol. The van der Waals surface area contributed by atoms with E-state index in [1.165, 1.54) is 0 Å². The van der Waals surface area contributed by atoms with E-state index in [9.17, 15) is 0 Å². The molecule has 0 aromatic carbocycles. The molecule has 16 heavy (non-hydrogen) atoms. The molecule has 0 unspecified atom stereocenters. The minimum Gasteiger partial charge on any atom is -0.282 e. The molecule has 0 amide bonds. The number of aromatic nitrogens is 4. The summed E-state index contributed by atoms with van der Waals surface area (Å²) in [6.07, 6.45) is 7.02. The first kappa shape index (κ1) is 9.47. The number of rotatable bonds is 1. The molecule has 3 aromatic rings. The topological polar surface area (TPSA) is 43.1 Å². The average molecular weight is 275 g/mol. The Balaban J connectivity index is 2.33. The van der Waals surface area contributed by atoms with Gasteiger partial charge in [-0.2, -0.15) is 0 Å². The number of nitrogens with zero attached hydrogens (tertiary/aromatic N) is 4. The zero-order valence-corrected chi connectivity index (χ0v) is 9.79. The first-order valence-electron chi connectivity index (χ1n) is 4.74. The first-order valence-corrected chi connectivity index (χ1v) is 5.53. The minimum absolute atomic E-state index is 0.814. The highest BCUT2D eigenvalue weighted by atomic mass is 79.9. The fourth-order valence-corrected chi connectivity index (χ4v) is 2.09. The van der Waals surface area contributed by atoms with Crippen molar-refractivity contribution in [1.82, 2.24) is 19.4 Å². The van der Waals surface area contributed by atoms with Crippen LogP contribution in [0.5, 0.6) is 0 Å². The summed E-state index contributed by atoms with van der Waals surface area (Å²) in [4.78, 5) is 12.6. The number of fused-ring (bicyclic) bond motifs is 1. The van der Waals surface area contributed by atoms with Crippen LogP contribution in [0.3, 0.4) is 0 Å². The van der Waals surface area contributed by atoms with E-state index in [1.54, 1.807) is 24.9 Å². The molecule has 5 heteroatoms. The Hall–Kier alpha value is -1.75.